The Kier molecular flexibility index (Phi) is 10.4. The number of rotatable bonds is 4. The number of carbonyl (C=O) groups excluding carboxylic acids is 4. The molecule has 4 N–H and O–H groups in total. The van der Waals surface area contributed by atoms with E-state index in [1.54, 1.807) is 65.8 Å². The third-order valence-corrected chi connectivity index (χ3v) is 5.47. The van der Waals surface area contributed by atoms with Gasteiger partial charge in [0, 0.05) is 0 Å². The van der Waals surface area contributed by atoms with Crippen LogP contribution in [0.1, 0.15) is 67.2 Å². The predicted molar refractivity (Wildman–Crippen MR) is 133 cm³/mol. The number of ether oxygens (including phenoxy) is 4. The van der Waals surface area contributed by atoms with E-state index in [9.17, 15) is 19.2 Å². The fraction of sp³-hybridized carbons (Fsp3) is 0.692. The SMILES string of the molecule is COC(=O)[C@@]1(N)CC=C[C@@H](C(=O)OC(C)(C)C)C1.COC(=O)[C@]1(N)CC=C[C@H](C(=O)OC(C)(C)C)C1. The number of nitrogens with two attached hydrogens (primary N) is 2. The second-order valence-corrected chi connectivity index (χ2v) is 11.2. The van der Waals surface area contributed by atoms with Crippen molar-refractivity contribution in [2.45, 2.75) is 89.5 Å². The topological polar surface area (TPSA) is 157 Å². The Morgan fingerprint density at radius 2 is 1.00 bits per heavy atom. The molecule has 4 atom stereocenters. The first-order chi connectivity index (χ1) is 16.4. The van der Waals surface area contributed by atoms with E-state index in [1.165, 1.54) is 14.2 Å². The van der Waals surface area contributed by atoms with Crippen LogP contribution >= 0.6 is 0 Å². The quantitative estimate of drug-likeness (QED) is 0.327. The minimum absolute atomic E-state index is 0.213. The molecule has 0 saturated carbocycles. The van der Waals surface area contributed by atoms with Crippen LogP contribution in [0.5, 0.6) is 0 Å². The first-order valence-corrected chi connectivity index (χ1v) is 11.9. The lowest BCUT2D eigenvalue weighted by Crippen LogP contribution is -2.52. The number of carbonyl (C=O) groups is 4. The van der Waals surface area contributed by atoms with Crippen LogP contribution in [-0.2, 0) is 38.1 Å². The van der Waals surface area contributed by atoms with Crippen molar-refractivity contribution >= 4 is 23.9 Å². The van der Waals surface area contributed by atoms with Gasteiger partial charge in [-0.25, -0.2) is 0 Å². The van der Waals surface area contributed by atoms with Gasteiger partial charge in [-0.05, 0) is 67.2 Å². The van der Waals surface area contributed by atoms with Gasteiger partial charge in [-0.1, -0.05) is 24.3 Å². The molecule has 0 unspecified atom stereocenters. The Bertz CT molecular complexity index is 811. The van der Waals surface area contributed by atoms with Crippen molar-refractivity contribution in [1.82, 2.24) is 0 Å². The summed E-state index contributed by atoms with van der Waals surface area (Å²) in [6.45, 7) is 10.8. The Hall–Kier alpha value is -2.72. The van der Waals surface area contributed by atoms with Gasteiger partial charge in [-0.15, -0.1) is 0 Å². The Labute approximate surface area is 213 Å². The van der Waals surface area contributed by atoms with E-state index in [2.05, 4.69) is 9.47 Å². The van der Waals surface area contributed by atoms with Crippen molar-refractivity contribution in [3.8, 4) is 0 Å². The highest BCUT2D eigenvalue weighted by atomic mass is 16.6. The van der Waals surface area contributed by atoms with E-state index < -0.39 is 46.1 Å². The summed E-state index contributed by atoms with van der Waals surface area (Å²) in [4.78, 5) is 47.1. The number of hydrogen-bond donors (Lipinski definition) is 2. The monoisotopic (exact) mass is 510 g/mol. The summed E-state index contributed by atoms with van der Waals surface area (Å²) < 4.78 is 19.9. The fourth-order valence-corrected chi connectivity index (χ4v) is 3.79. The molecular weight excluding hydrogens is 468 g/mol. The van der Waals surface area contributed by atoms with Crippen LogP contribution in [0.2, 0.25) is 0 Å². The van der Waals surface area contributed by atoms with E-state index >= 15 is 0 Å². The van der Waals surface area contributed by atoms with Crippen molar-refractivity contribution in [3.63, 3.8) is 0 Å². The second kappa shape index (κ2) is 12.0. The smallest absolute Gasteiger partial charge is 0.326 e. The molecule has 0 aliphatic heterocycles. The highest BCUT2D eigenvalue weighted by Gasteiger charge is 2.42. The van der Waals surface area contributed by atoms with Crippen molar-refractivity contribution in [2.24, 2.45) is 23.3 Å². The van der Waals surface area contributed by atoms with E-state index in [-0.39, 0.29) is 24.8 Å². The summed E-state index contributed by atoms with van der Waals surface area (Å²) in [6, 6.07) is 0. The summed E-state index contributed by atoms with van der Waals surface area (Å²) in [6.07, 6.45) is 8.11. The molecule has 36 heavy (non-hydrogen) atoms. The lowest BCUT2D eigenvalue weighted by Gasteiger charge is -2.32. The van der Waals surface area contributed by atoms with Crippen molar-refractivity contribution in [3.05, 3.63) is 24.3 Å². The van der Waals surface area contributed by atoms with Crippen molar-refractivity contribution < 1.29 is 38.1 Å². The molecule has 10 heteroatoms. The number of methoxy groups -OCH3 is 2. The van der Waals surface area contributed by atoms with Gasteiger partial charge in [0.15, 0.2) is 0 Å². The maximum absolute atomic E-state index is 11.9. The fourth-order valence-electron chi connectivity index (χ4n) is 3.79. The molecule has 0 amide bonds. The van der Waals surface area contributed by atoms with Gasteiger partial charge in [0.1, 0.15) is 22.3 Å². The van der Waals surface area contributed by atoms with Gasteiger partial charge < -0.3 is 30.4 Å². The average molecular weight is 511 g/mol. The normalized spacial score (nSPS) is 27.7. The van der Waals surface area contributed by atoms with Crippen LogP contribution in [0, 0.1) is 11.8 Å². The van der Waals surface area contributed by atoms with Crippen LogP contribution in [0.25, 0.3) is 0 Å². The van der Waals surface area contributed by atoms with Crippen LogP contribution in [0.4, 0.5) is 0 Å². The summed E-state index contributed by atoms with van der Waals surface area (Å²) in [5.74, 6) is -2.72. The average Bonchev–Trinajstić information content (AvgIpc) is 2.76. The van der Waals surface area contributed by atoms with Gasteiger partial charge in [-0.3, -0.25) is 19.2 Å². The highest BCUT2D eigenvalue weighted by Crippen LogP contribution is 2.30. The number of hydrogen-bond acceptors (Lipinski definition) is 10. The molecule has 0 radical (unpaired) electrons. The zero-order valence-corrected chi connectivity index (χ0v) is 22.7. The molecule has 0 aromatic rings. The molecule has 0 aromatic carbocycles. The predicted octanol–water partition coefficient (Wildman–Crippen LogP) is 2.33. The van der Waals surface area contributed by atoms with Crippen LogP contribution < -0.4 is 11.5 Å². The second-order valence-electron chi connectivity index (χ2n) is 11.2. The highest BCUT2D eigenvalue weighted by molar-refractivity contribution is 5.84. The maximum Gasteiger partial charge on any atom is 0.326 e. The number of esters is 4. The Balaban J connectivity index is 0.000000360. The lowest BCUT2D eigenvalue weighted by atomic mass is 9.80. The van der Waals surface area contributed by atoms with E-state index in [4.69, 9.17) is 20.9 Å². The standard InChI is InChI=1S/2C13H21NO4/c2*1-12(2,3)18-10(15)9-6-5-7-13(14,8-9)11(16)17-4/h2*5-6,9H,7-8,14H2,1-4H3/t2*9-,13-/m10/s1. The molecule has 0 saturated heterocycles. The molecule has 2 rings (SSSR count). The van der Waals surface area contributed by atoms with E-state index in [0.29, 0.717) is 12.8 Å². The molecule has 0 spiro atoms. The molecule has 10 nitrogen and oxygen atoms in total. The zero-order valence-electron chi connectivity index (χ0n) is 22.7. The minimum Gasteiger partial charge on any atom is -0.468 e. The summed E-state index contributed by atoms with van der Waals surface area (Å²) >= 11 is 0. The van der Waals surface area contributed by atoms with Gasteiger partial charge >= 0.3 is 23.9 Å². The summed E-state index contributed by atoms with van der Waals surface area (Å²) in [5.41, 5.74) is 8.57. The summed E-state index contributed by atoms with van der Waals surface area (Å²) in [5, 5.41) is 0. The maximum atomic E-state index is 11.9. The van der Waals surface area contributed by atoms with Gasteiger partial charge in [-0.2, -0.15) is 0 Å². The van der Waals surface area contributed by atoms with Crippen LogP contribution in [0.3, 0.4) is 0 Å². The van der Waals surface area contributed by atoms with Crippen molar-refractivity contribution in [2.75, 3.05) is 14.2 Å². The summed E-state index contributed by atoms with van der Waals surface area (Å²) in [7, 11) is 2.58. The molecule has 0 heterocycles. The van der Waals surface area contributed by atoms with Gasteiger partial charge in [0.05, 0.1) is 26.1 Å². The first kappa shape index (κ1) is 31.3. The lowest BCUT2D eigenvalue weighted by molar-refractivity contribution is -0.161. The molecule has 0 bridgehead atoms. The third kappa shape index (κ3) is 9.39. The molecule has 0 fully saturated rings. The minimum atomic E-state index is -1.13. The Morgan fingerprint density at radius 1 is 0.694 bits per heavy atom. The Morgan fingerprint density at radius 3 is 1.25 bits per heavy atom. The van der Waals surface area contributed by atoms with Crippen LogP contribution in [-0.4, -0.2) is 60.4 Å². The third-order valence-electron chi connectivity index (χ3n) is 5.47. The van der Waals surface area contributed by atoms with E-state index in [1.807, 2.05) is 0 Å². The molecule has 2 aliphatic carbocycles. The zero-order chi connectivity index (χ0) is 27.9. The largest absolute Gasteiger partial charge is 0.468 e. The van der Waals surface area contributed by atoms with Gasteiger partial charge in [0.2, 0.25) is 0 Å². The van der Waals surface area contributed by atoms with E-state index in [0.717, 1.165) is 0 Å². The molecule has 0 aromatic heterocycles. The van der Waals surface area contributed by atoms with Crippen molar-refractivity contribution in [1.29, 1.82) is 0 Å². The molecular formula is C26H42N2O8. The van der Waals surface area contributed by atoms with Gasteiger partial charge in [0.25, 0.3) is 0 Å². The molecule has 2 aliphatic rings. The van der Waals surface area contributed by atoms with Crippen LogP contribution in [0.15, 0.2) is 24.3 Å². The molecule has 204 valence electrons. The first-order valence-electron chi connectivity index (χ1n) is 11.9.